The van der Waals surface area contributed by atoms with E-state index < -0.39 is 0 Å². The number of carbonyl (C=O) groups excluding carboxylic acids is 1. The predicted molar refractivity (Wildman–Crippen MR) is 128 cm³/mol. The number of methoxy groups -OCH3 is 2. The van der Waals surface area contributed by atoms with Gasteiger partial charge in [-0.1, -0.05) is 18.2 Å². The lowest BCUT2D eigenvalue weighted by Gasteiger charge is -2.01. The van der Waals surface area contributed by atoms with Crippen LogP contribution >= 0.6 is 0 Å². The van der Waals surface area contributed by atoms with Gasteiger partial charge in [-0.15, -0.1) is 10.2 Å². The van der Waals surface area contributed by atoms with Gasteiger partial charge in [-0.2, -0.15) is 0 Å². The van der Waals surface area contributed by atoms with Gasteiger partial charge in [-0.25, -0.2) is 9.78 Å². The minimum Gasteiger partial charge on any atom is -0.497 e. The molecule has 0 aliphatic rings. The van der Waals surface area contributed by atoms with Crippen LogP contribution in [-0.2, 0) is 11.2 Å². The topological polar surface area (TPSA) is 100 Å². The van der Waals surface area contributed by atoms with Gasteiger partial charge in [-0.05, 0) is 60.2 Å². The second kappa shape index (κ2) is 9.64. The predicted octanol–water partition coefficient (Wildman–Crippen LogP) is 5.44. The number of rotatable bonds is 7. The Labute approximate surface area is 201 Å². The van der Waals surface area contributed by atoms with E-state index >= 15 is 0 Å². The summed E-state index contributed by atoms with van der Waals surface area (Å²) in [4.78, 5) is 16.0. The number of ether oxygens (including phenoxy) is 2. The van der Waals surface area contributed by atoms with Crippen LogP contribution in [0.1, 0.15) is 21.8 Å². The number of aromatic nitrogens is 3. The van der Waals surface area contributed by atoms with Crippen molar-refractivity contribution in [1.29, 1.82) is 0 Å². The minimum atomic E-state index is -0.376. The third kappa shape index (κ3) is 4.81. The van der Waals surface area contributed by atoms with E-state index in [9.17, 15) is 4.79 Å². The molecule has 0 amide bonds. The SMILES string of the molecule is COC(=O)c1ccc(Cc2nnc(-c3cccc(-c4ncc(-c5ccc(OC)cc5)o4)c3)o2)cc1. The van der Waals surface area contributed by atoms with E-state index in [2.05, 4.69) is 15.2 Å². The second-order valence-corrected chi connectivity index (χ2v) is 7.71. The van der Waals surface area contributed by atoms with Crippen molar-refractivity contribution >= 4 is 5.97 Å². The highest BCUT2D eigenvalue weighted by Gasteiger charge is 2.14. The van der Waals surface area contributed by atoms with Crippen molar-refractivity contribution in [1.82, 2.24) is 15.2 Å². The second-order valence-electron chi connectivity index (χ2n) is 7.71. The summed E-state index contributed by atoms with van der Waals surface area (Å²) in [6.45, 7) is 0. The molecule has 0 atom stereocenters. The number of carbonyl (C=O) groups is 1. The maximum absolute atomic E-state index is 11.6. The molecular formula is C27H21N3O5. The normalized spacial score (nSPS) is 10.8. The van der Waals surface area contributed by atoms with Gasteiger partial charge in [-0.3, -0.25) is 0 Å². The molecule has 8 nitrogen and oxygen atoms in total. The highest BCUT2D eigenvalue weighted by Crippen LogP contribution is 2.30. The first kappa shape index (κ1) is 22.1. The fraction of sp³-hybridized carbons (Fsp3) is 0.111. The molecule has 3 aromatic carbocycles. The number of oxazole rings is 1. The van der Waals surface area contributed by atoms with Gasteiger partial charge >= 0.3 is 5.97 Å². The summed E-state index contributed by atoms with van der Waals surface area (Å²) in [5.41, 5.74) is 3.88. The number of hydrogen-bond acceptors (Lipinski definition) is 8. The molecule has 35 heavy (non-hydrogen) atoms. The molecule has 0 aliphatic carbocycles. The Bertz CT molecular complexity index is 1450. The molecule has 8 heteroatoms. The van der Waals surface area contributed by atoms with Crippen LogP contribution in [0.3, 0.4) is 0 Å². The summed E-state index contributed by atoms with van der Waals surface area (Å²) < 4.78 is 21.8. The van der Waals surface area contributed by atoms with Gasteiger partial charge in [0.1, 0.15) is 5.75 Å². The number of nitrogens with zero attached hydrogens (tertiary/aromatic N) is 3. The van der Waals surface area contributed by atoms with Crippen LogP contribution in [0.15, 0.2) is 87.8 Å². The molecule has 0 saturated heterocycles. The van der Waals surface area contributed by atoms with Crippen molar-refractivity contribution in [2.75, 3.05) is 14.2 Å². The van der Waals surface area contributed by atoms with Gasteiger partial charge < -0.3 is 18.3 Å². The summed E-state index contributed by atoms with van der Waals surface area (Å²) in [5.74, 6) is 2.41. The quantitative estimate of drug-likeness (QED) is 0.292. The zero-order valence-electron chi connectivity index (χ0n) is 19.1. The van der Waals surface area contributed by atoms with Crippen molar-refractivity contribution in [2.45, 2.75) is 6.42 Å². The number of benzene rings is 3. The summed E-state index contributed by atoms with van der Waals surface area (Å²) >= 11 is 0. The third-order valence-electron chi connectivity index (χ3n) is 5.43. The first-order valence-electron chi connectivity index (χ1n) is 10.8. The summed E-state index contributed by atoms with van der Waals surface area (Å²) in [6, 6.07) is 22.2. The zero-order valence-corrected chi connectivity index (χ0v) is 19.1. The van der Waals surface area contributed by atoms with Crippen LogP contribution in [-0.4, -0.2) is 35.4 Å². The fourth-order valence-electron chi connectivity index (χ4n) is 3.57. The fourth-order valence-corrected chi connectivity index (χ4v) is 3.57. The first-order chi connectivity index (χ1) is 17.1. The van der Waals surface area contributed by atoms with E-state index in [1.54, 1.807) is 25.4 Å². The molecule has 0 fully saturated rings. The summed E-state index contributed by atoms with van der Waals surface area (Å²) in [5, 5.41) is 8.36. The standard InChI is InChI=1S/C27H21N3O5/c1-32-22-12-10-18(11-13-22)23-16-28-25(34-23)20-4-3-5-21(15-20)26-30-29-24(35-26)14-17-6-8-19(9-7-17)27(31)33-2/h3-13,15-16H,14H2,1-2H3. The first-order valence-corrected chi connectivity index (χ1v) is 10.8. The molecular weight excluding hydrogens is 446 g/mol. The van der Waals surface area contributed by atoms with Crippen molar-refractivity contribution in [3.05, 3.63) is 96.0 Å². The monoisotopic (exact) mass is 467 g/mol. The Morgan fingerprint density at radius 2 is 1.57 bits per heavy atom. The van der Waals surface area contributed by atoms with Crippen LogP contribution in [0.4, 0.5) is 0 Å². The molecule has 0 saturated carbocycles. The van der Waals surface area contributed by atoms with Gasteiger partial charge in [0, 0.05) is 16.7 Å². The van der Waals surface area contributed by atoms with Crippen molar-refractivity contribution in [2.24, 2.45) is 0 Å². The Morgan fingerprint density at radius 3 is 2.29 bits per heavy atom. The van der Waals surface area contributed by atoms with E-state index in [-0.39, 0.29) is 5.97 Å². The van der Waals surface area contributed by atoms with Crippen molar-refractivity contribution < 1.29 is 23.1 Å². The molecule has 2 heterocycles. The molecule has 5 aromatic rings. The van der Waals surface area contributed by atoms with E-state index in [4.69, 9.17) is 18.3 Å². The molecule has 5 rings (SSSR count). The van der Waals surface area contributed by atoms with Crippen LogP contribution in [0.2, 0.25) is 0 Å². The maximum Gasteiger partial charge on any atom is 0.337 e. The largest absolute Gasteiger partial charge is 0.497 e. The van der Waals surface area contributed by atoms with Crippen LogP contribution in [0.5, 0.6) is 5.75 Å². The molecule has 0 N–H and O–H groups in total. The molecule has 0 radical (unpaired) electrons. The Kier molecular flexibility index (Phi) is 6.09. The summed E-state index contributed by atoms with van der Waals surface area (Å²) in [7, 11) is 2.98. The lowest BCUT2D eigenvalue weighted by atomic mass is 10.1. The van der Waals surface area contributed by atoms with Crippen LogP contribution in [0, 0.1) is 0 Å². The molecule has 0 spiro atoms. The smallest absolute Gasteiger partial charge is 0.337 e. The van der Waals surface area contributed by atoms with Crippen LogP contribution in [0.25, 0.3) is 34.2 Å². The van der Waals surface area contributed by atoms with Gasteiger partial charge in [0.2, 0.25) is 17.7 Å². The lowest BCUT2D eigenvalue weighted by Crippen LogP contribution is -2.01. The zero-order chi connectivity index (χ0) is 24.2. The van der Waals surface area contributed by atoms with E-state index in [1.165, 1.54) is 7.11 Å². The van der Waals surface area contributed by atoms with E-state index in [0.29, 0.717) is 35.4 Å². The van der Waals surface area contributed by atoms with Crippen LogP contribution < -0.4 is 4.74 Å². The molecule has 0 unspecified atom stereocenters. The van der Waals surface area contributed by atoms with E-state index in [0.717, 1.165) is 28.0 Å². The Morgan fingerprint density at radius 1 is 0.829 bits per heavy atom. The number of esters is 1. The maximum atomic E-state index is 11.6. The van der Waals surface area contributed by atoms with Crippen molar-refractivity contribution in [3.8, 4) is 40.0 Å². The number of hydrogen-bond donors (Lipinski definition) is 0. The van der Waals surface area contributed by atoms with E-state index in [1.807, 2.05) is 60.7 Å². The molecule has 174 valence electrons. The minimum absolute atomic E-state index is 0.376. The highest BCUT2D eigenvalue weighted by molar-refractivity contribution is 5.89. The third-order valence-corrected chi connectivity index (χ3v) is 5.43. The van der Waals surface area contributed by atoms with Crippen molar-refractivity contribution in [3.63, 3.8) is 0 Å². The molecule has 2 aromatic heterocycles. The van der Waals surface area contributed by atoms with Gasteiger partial charge in [0.25, 0.3) is 0 Å². The summed E-state index contributed by atoms with van der Waals surface area (Å²) in [6.07, 6.45) is 2.14. The lowest BCUT2D eigenvalue weighted by molar-refractivity contribution is 0.0600. The average molecular weight is 467 g/mol. The molecule has 0 aliphatic heterocycles. The Balaban J connectivity index is 1.32. The van der Waals surface area contributed by atoms with Gasteiger partial charge in [0.05, 0.1) is 32.4 Å². The Hall–Kier alpha value is -4.72. The average Bonchev–Trinajstić information content (AvgIpc) is 3.59. The highest BCUT2D eigenvalue weighted by atomic mass is 16.5. The van der Waals surface area contributed by atoms with Gasteiger partial charge in [0.15, 0.2) is 5.76 Å². The molecule has 0 bridgehead atoms.